The third-order valence-electron chi connectivity index (χ3n) is 22.0. The maximum absolute atomic E-state index is 6.15. The Balaban J connectivity index is 0.000000107. The Morgan fingerprint density at radius 2 is 0.582 bits per heavy atom. The summed E-state index contributed by atoms with van der Waals surface area (Å²) in [6.45, 7) is 4.86. The molecule has 12 heterocycles. The molecular weight excluding hydrogens is 1350 g/mol. The average Bonchev–Trinajstić information content (AvgIpc) is 1.58. The molecule has 0 fully saturated rings. The van der Waals surface area contributed by atoms with Gasteiger partial charge in [0.1, 0.15) is 72.2 Å². The summed E-state index contributed by atoms with van der Waals surface area (Å²) in [5, 5.41) is 9.32. The van der Waals surface area contributed by atoms with Gasteiger partial charge in [-0.2, -0.15) is 0 Å². The van der Waals surface area contributed by atoms with E-state index in [4.69, 9.17) is 17.7 Å². The van der Waals surface area contributed by atoms with Gasteiger partial charge in [-0.05, 0) is 147 Å². The zero-order chi connectivity index (χ0) is 75.3. The maximum Gasteiger partial charge on any atom is 0.399 e. The van der Waals surface area contributed by atoms with E-state index >= 15 is 0 Å². The highest BCUT2D eigenvalue weighted by molar-refractivity contribution is 6.84. The highest BCUT2D eigenvalue weighted by atomic mass is 16.3. The predicted octanol–water partition coefficient (Wildman–Crippen LogP) is 7.92. The van der Waals surface area contributed by atoms with E-state index in [1.54, 1.807) is 0 Å². The first kappa shape index (κ1) is 70.0. The van der Waals surface area contributed by atoms with Crippen molar-refractivity contribution in [3.05, 3.63) is 333 Å². The minimum Gasteiger partial charge on any atom is -0.457 e. The number of nitrogens with zero attached hydrogens (tertiary/aromatic N) is 8. The number of aromatic nitrogens is 4. The lowest BCUT2D eigenvalue weighted by Crippen LogP contribution is -2.61. The number of furan rings is 4. The number of hydrogen-bond acceptors (Lipinski definition) is 8. The second-order valence-corrected chi connectivity index (χ2v) is 29.3. The highest BCUT2D eigenvalue weighted by Crippen LogP contribution is 2.25. The van der Waals surface area contributed by atoms with Gasteiger partial charge in [0.25, 0.3) is 0 Å². The summed E-state index contributed by atoms with van der Waals surface area (Å²) in [6.07, 6.45) is 17.4. The summed E-state index contributed by atoms with van der Waals surface area (Å²) in [7, 11) is 16.9. The van der Waals surface area contributed by atoms with Crippen molar-refractivity contribution in [2.75, 3.05) is 28.2 Å². The Kier molecular flexibility index (Phi) is 18.8. The molecule has 0 saturated heterocycles. The molecule has 0 saturated carbocycles. The van der Waals surface area contributed by atoms with Gasteiger partial charge in [-0.15, -0.1) is 0 Å². The van der Waals surface area contributed by atoms with Crippen molar-refractivity contribution in [1.29, 1.82) is 0 Å². The van der Waals surface area contributed by atoms with Gasteiger partial charge in [-0.3, -0.25) is 0 Å². The van der Waals surface area contributed by atoms with E-state index in [1.165, 1.54) is 94.0 Å². The molecule has 16 heteroatoms. The quantitative estimate of drug-likeness (QED) is 0.112. The van der Waals surface area contributed by atoms with Crippen LogP contribution in [0.15, 0.2) is 297 Å². The number of para-hydroxylation sites is 4. The second-order valence-electron chi connectivity index (χ2n) is 29.3. The first-order chi connectivity index (χ1) is 53.6. The first-order valence-electron chi connectivity index (χ1n) is 37.6. The lowest BCUT2D eigenvalue weighted by molar-refractivity contribution is -0.654. The molecule has 20 rings (SSSR count). The predicted molar refractivity (Wildman–Crippen MR) is 452 cm³/mol. The van der Waals surface area contributed by atoms with Gasteiger partial charge in [-0.1, -0.05) is 200 Å². The van der Waals surface area contributed by atoms with Crippen molar-refractivity contribution in [2.45, 2.75) is 13.8 Å². The van der Waals surface area contributed by atoms with Crippen molar-refractivity contribution in [1.82, 2.24) is 19.2 Å². The van der Waals surface area contributed by atoms with Gasteiger partial charge in [0.2, 0.25) is 0 Å². The largest absolute Gasteiger partial charge is 0.457 e. The Morgan fingerprint density at radius 3 is 1.00 bits per heavy atom. The summed E-state index contributed by atoms with van der Waals surface area (Å²) < 4.78 is 33.3. The van der Waals surface area contributed by atoms with Crippen molar-refractivity contribution in [2.24, 2.45) is 28.2 Å². The van der Waals surface area contributed by atoms with E-state index in [-0.39, 0.29) is 27.4 Å². The van der Waals surface area contributed by atoms with Crippen LogP contribution in [-0.2, 0) is 28.2 Å². The molecule has 16 aromatic rings. The molecule has 0 atom stereocenters. The number of fused-ring (bicyclic) bond motifs is 12. The van der Waals surface area contributed by atoms with Gasteiger partial charge in [-0.25, -0.2) is 18.3 Å². The van der Waals surface area contributed by atoms with Crippen molar-refractivity contribution in [3.8, 4) is 44.5 Å². The third kappa shape index (κ3) is 13.5. The lowest BCUT2D eigenvalue weighted by atomic mass is 9.55. The second kappa shape index (κ2) is 29.6. The molecule has 110 heavy (non-hydrogen) atoms. The van der Waals surface area contributed by atoms with Gasteiger partial charge < -0.3 is 36.9 Å². The van der Waals surface area contributed by atoms with Crippen LogP contribution in [0, 0.1) is 13.8 Å². The molecule has 12 nitrogen and oxygen atoms in total. The SMILES string of the molecule is CN1C=c2c(oc3ccccc23)=CB1c1cc(-c2ccccc2)cc[n+]1C.CN1C=c2oc3ccccc3c2=CB1c1cc(-c2ccccc2)cc[n+]1C.Cc1c[n+](C)c(B2C=c3oc4ccccc4c3=CN2C)cc1-c1ccccc1.Cc1cc(B2C=c3oc4ccccc4c3=CN2C)[n+](C)cc1-c1ccccc1. The first-order valence-corrected chi connectivity index (χ1v) is 37.6. The zero-order valence-electron chi connectivity index (χ0n) is 63.7. The molecule has 8 aromatic heterocycles. The van der Waals surface area contributed by atoms with Crippen LogP contribution < -0.4 is 83.2 Å². The molecule has 0 amide bonds. The number of benzene rings is 8. The van der Waals surface area contributed by atoms with E-state index in [2.05, 4.69) is 381 Å². The maximum atomic E-state index is 6.15. The van der Waals surface area contributed by atoms with E-state index in [9.17, 15) is 0 Å². The molecule has 0 spiro atoms. The third-order valence-corrected chi connectivity index (χ3v) is 22.0. The fourth-order valence-corrected chi connectivity index (χ4v) is 16.1. The zero-order valence-corrected chi connectivity index (χ0v) is 63.7. The van der Waals surface area contributed by atoms with Crippen LogP contribution in [0.2, 0.25) is 0 Å². The number of aryl methyl sites for hydroxylation is 6. The van der Waals surface area contributed by atoms with E-state index < -0.39 is 0 Å². The van der Waals surface area contributed by atoms with Gasteiger partial charge in [0, 0.05) is 96.1 Å². The van der Waals surface area contributed by atoms with Crippen LogP contribution in [0.1, 0.15) is 11.1 Å². The van der Waals surface area contributed by atoms with Crippen LogP contribution in [0.5, 0.6) is 0 Å². The van der Waals surface area contributed by atoms with Crippen LogP contribution in [0.4, 0.5) is 0 Å². The van der Waals surface area contributed by atoms with Crippen molar-refractivity contribution >= 4 is 142 Å². The van der Waals surface area contributed by atoms with Gasteiger partial charge in [0.05, 0.1) is 0 Å². The Bertz CT molecular complexity index is 6760. The lowest BCUT2D eigenvalue weighted by Gasteiger charge is -2.21. The topological polar surface area (TPSA) is 81.0 Å². The number of pyridine rings is 4. The van der Waals surface area contributed by atoms with Crippen LogP contribution in [-0.4, -0.2) is 74.8 Å². The van der Waals surface area contributed by atoms with Crippen LogP contribution in [0.3, 0.4) is 0 Å². The van der Waals surface area contributed by atoms with E-state index in [0.29, 0.717) is 0 Å². The van der Waals surface area contributed by atoms with E-state index in [0.717, 1.165) is 70.4 Å². The van der Waals surface area contributed by atoms with E-state index in [1.807, 2.05) is 54.6 Å². The molecule has 0 unspecified atom stereocenters. The fourth-order valence-electron chi connectivity index (χ4n) is 16.1. The van der Waals surface area contributed by atoms with Crippen molar-refractivity contribution < 1.29 is 35.9 Å². The fraction of sp³-hybridized carbons (Fsp3) is 0.106. The standard InChI is InChI=1S/2C24H22BN2O.2C23H20BN2O/c1-17-15-26(2)24(13-20(17)18-9-5-4-6-10-18)25-14-23-21(16-27(25)3)19-11-7-8-12-22(19)28-23;1-17-13-24(26(2)15-20(17)18-9-5-4-6-10-18)25-14-23-21(16-27(25)3)19-11-7-8-12-22(19)28-23;1-25-13-12-18(17-8-4-3-5-9-17)14-23(25)24-15-22-20(16-26(24)2)19-10-6-7-11-21(19)27-22;1-25-13-12-18(17-8-4-3-5-9-17)14-23(25)24-15-20-19-10-6-7-11-21(19)27-22(20)16-26(24)2/h2*4-16H,1-3H3;2*3-16H,1-2H3/q4*+1. The van der Waals surface area contributed by atoms with Crippen molar-refractivity contribution in [3.63, 3.8) is 0 Å². The molecule has 0 N–H and O–H groups in total. The Hall–Kier alpha value is -13.1. The minimum atomic E-state index is 0.112. The Labute approximate surface area is 641 Å². The summed E-state index contributed by atoms with van der Waals surface area (Å²) in [4.78, 5) is 9.01. The van der Waals surface area contributed by atoms with Crippen LogP contribution >= 0.6 is 0 Å². The molecule has 0 bridgehead atoms. The Morgan fingerprint density at radius 1 is 0.264 bits per heavy atom. The van der Waals surface area contributed by atoms with Gasteiger partial charge >= 0.3 is 27.4 Å². The number of hydrogen-bond donors (Lipinski definition) is 0. The molecule has 4 aliphatic rings. The summed E-state index contributed by atoms with van der Waals surface area (Å²) in [5.41, 5.74) is 24.9. The minimum absolute atomic E-state index is 0.112. The molecule has 0 aliphatic carbocycles. The molecular formula is C94H84B4N8O4+4. The molecule has 532 valence electrons. The van der Waals surface area contributed by atoms with Gasteiger partial charge in [0.15, 0.2) is 47.2 Å². The smallest absolute Gasteiger partial charge is 0.399 e. The monoisotopic (exact) mass is 1430 g/mol. The summed E-state index contributed by atoms with van der Waals surface area (Å²) in [6, 6.07) is 88.6. The van der Waals surface area contributed by atoms with Crippen LogP contribution in [0.25, 0.3) is 137 Å². The summed E-state index contributed by atoms with van der Waals surface area (Å²) >= 11 is 0. The average molecular weight is 1430 g/mol. The normalized spacial score (nSPS) is 13.3. The molecule has 0 radical (unpaired) electrons. The highest BCUT2D eigenvalue weighted by Gasteiger charge is 2.36. The summed E-state index contributed by atoms with van der Waals surface area (Å²) in [5.74, 6) is 8.99. The molecule has 8 aromatic carbocycles. The molecule has 4 aliphatic heterocycles. The number of rotatable bonds is 8.